The van der Waals surface area contributed by atoms with Gasteiger partial charge >= 0.3 is 0 Å². The number of nitrogens with zero attached hydrogens (tertiary/aromatic N) is 3. The van der Waals surface area contributed by atoms with Gasteiger partial charge in [-0.2, -0.15) is 5.10 Å². The van der Waals surface area contributed by atoms with Gasteiger partial charge in [0.15, 0.2) is 5.69 Å². The summed E-state index contributed by atoms with van der Waals surface area (Å²) in [5.74, 6) is -0.387. The number of non-ortho nitro benzene ring substituents is 1. The molecule has 2 aromatic rings. The fourth-order valence-electron chi connectivity index (χ4n) is 3.75. The molecule has 12 nitrogen and oxygen atoms in total. The maximum absolute atomic E-state index is 13.0. The highest BCUT2D eigenvalue weighted by Gasteiger charge is 2.31. The number of carbonyl (C=O) groups is 1. The van der Waals surface area contributed by atoms with Gasteiger partial charge in [-0.25, -0.2) is 17.8 Å². The minimum Gasteiger partial charge on any atom is -0.438 e. The third-order valence-electron chi connectivity index (χ3n) is 5.46. The van der Waals surface area contributed by atoms with Crippen molar-refractivity contribution < 1.29 is 27.6 Å². The summed E-state index contributed by atoms with van der Waals surface area (Å²) in [5, 5.41) is 18.6. The Labute approximate surface area is 210 Å². The second-order valence-electron chi connectivity index (χ2n) is 9.97. The molecule has 2 N–H and O–H groups in total. The van der Waals surface area contributed by atoms with Gasteiger partial charge in [-0.1, -0.05) is 0 Å². The van der Waals surface area contributed by atoms with E-state index in [0.717, 1.165) is 25.0 Å². The average molecular weight is 524 g/mol. The Balaban J connectivity index is 2.04. The quantitative estimate of drug-likeness (QED) is 0.375. The highest BCUT2D eigenvalue weighted by molar-refractivity contribution is 7.89. The van der Waals surface area contributed by atoms with Crippen LogP contribution in [0.15, 0.2) is 23.1 Å². The number of hydrogen-bond donors (Lipinski definition) is 2. The van der Waals surface area contributed by atoms with Gasteiger partial charge in [0.1, 0.15) is 10.6 Å². The zero-order valence-electron chi connectivity index (χ0n) is 21.3. The first kappa shape index (κ1) is 27.6. The van der Waals surface area contributed by atoms with Gasteiger partial charge in [0.2, 0.25) is 15.9 Å². The Hall–Kier alpha value is -3.03. The van der Waals surface area contributed by atoms with E-state index in [9.17, 15) is 23.3 Å². The average Bonchev–Trinajstić information content (AvgIpc) is 3.39. The number of amides is 1. The lowest BCUT2D eigenvalue weighted by atomic mass is 10.1. The maximum Gasteiger partial charge on any atom is 0.272 e. The van der Waals surface area contributed by atoms with E-state index in [2.05, 4.69) is 15.1 Å². The van der Waals surface area contributed by atoms with E-state index in [0.29, 0.717) is 18.7 Å². The van der Waals surface area contributed by atoms with E-state index >= 15 is 0 Å². The second-order valence-corrected chi connectivity index (χ2v) is 11.7. The van der Waals surface area contributed by atoms with Crippen molar-refractivity contribution in [2.24, 2.45) is 0 Å². The van der Waals surface area contributed by atoms with E-state index in [4.69, 9.17) is 9.47 Å². The SMILES string of the molecule is Cc1c(C(=O)NC[C@H]2CCCO2)nn(C(C)(C)C)c1Oc1ccc([N+](=O)[O-])cc1S(=O)(=O)NC(C)C. The summed E-state index contributed by atoms with van der Waals surface area (Å²) in [5.41, 5.74) is -0.511. The standard InChI is InChI=1S/C23H33N5O7S/c1-14(2)26-36(32,33)19-12-16(28(30)31)9-10-18(19)35-22-15(3)20(25-27(22)23(4,5)6)21(29)24-13-17-8-7-11-34-17/h9-10,12,14,17,26H,7-8,11,13H2,1-6H3,(H,24,29)/t17-/m1/s1. The van der Waals surface area contributed by atoms with Crippen molar-refractivity contribution in [1.29, 1.82) is 0 Å². The van der Waals surface area contributed by atoms with Crippen molar-refractivity contribution in [3.63, 3.8) is 0 Å². The number of nitrogens with one attached hydrogen (secondary N) is 2. The summed E-state index contributed by atoms with van der Waals surface area (Å²) in [6.07, 6.45) is 1.77. The Morgan fingerprint density at radius 3 is 2.61 bits per heavy atom. The van der Waals surface area contributed by atoms with Crippen LogP contribution in [0.4, 0.5) is 5.69 Å². The number of rotatable bonds is 9. The molecular formula is C23H33N5O7S. The van der Waals surface area contributed by atoms with Gasteiger partial charge in [0, 0.05) is 36.9 Å². The molecule has 0 spiro atoms. The molecule has 1 aliphatic heterocycles. The minimum absolute atomic E-state index is 0.0454. The van der Waals surface area contributed by atoms with Gasteiger partial charge in [-0.3, -0.25) is 14.9 Å². The number of nitro groups is 1. The number of hydrogen-bond acceptors (Lipinski definition) is 8. The van der Waals surface area contributed by atoms with E-state index < -0.39 is 43.0 Å². The molecule has 2 heterocycles. The third-order valence-corrected chi connectivity index (χ3v) is 7.14. The predicted molar refractivity (Wildman–Crippen MR) is 132 cm³/mol. The maximum atomic E-state index is 13.0. The number of carbonyl (C=O) groups excluding carboxylic acids is 1. The topological polar surface area (TPSA) is 155 Å². The first-order valence-corrected chi connectivity index (χ1v) is 13.2. The Morgan fingerprint density at radius 1 is 1.36 bits per heavy atom. The molecule has 0 aliphatic carbocycles. The zero-order valence-corrected chi connectivity index (χ0v) is 22.1. The van der Waals surface area contributed by atoms with Crippen LogP contribution in [0.25, 0.3) is 0 Å². The monoisotopic (exact) mass is 523 g/mol. The van der Waals surface area contributed by atoms with E-state index in [1.165, 1.54) is 10.7 Å². The lowest BCUT2D eigenvalue weighted by molar-refractivity contribution is -0.385. The summed E-state index contributed by atoms with van der Waals surface area (Å²) in [4.78, 5) is 23.2. The van der Waals surface area contributed by atoms with Crippen molar-refractivity contribution in [3.05, 3.63) is 39.6 Å². The zero-order chi connectivity index (χ0) is 26.8. The molecule has 1 aromatic heterocycles. The predicted octanol–water partition coefficient (Wildman–Crippen LogP) is 3.24. The van der Waals surface area contributed by atoms with E-state index in [1.54, 1.807) is 20.8 Å². The van der Waals surface area contributed by atoms with Crippen LogP contribution < -0.4 is 14.8 Å². The molecule has 1 aromatic carbocycles. The fourth-order valence-corrected chi connectivity index (χ4v) is 5.15. The highest BCUT2D eigenvalue weighted by atomic mass is 32.2. The molecule has 0 saturated carbocycles. The number of nitro benzene ring substituents is 1. The summed E-state index contributed by atoms with van der Waals surface area (Å²) in [6.45, 7) is 11.5. The van der Waals surface area contributed by atoms with Crippen molar-refractivity contribution in [2.75, 3.05) is 13.2 Å². The van der Waals surface area contributed by atoms with E-state index in [-0.39, 0.29) is 23.4 Å². The molecule has 3 rings (SSSR count). The number of benzene rings is 1. The molecule has 1 saturated heterocycles. The number of sulfonamides is 1. The van der Waals surface area contributed by atoms with Crippen molar-refractivity contribution in [1.82, 2.24) is 19.8 Å². The molecule has 0 radical (unpaired) electrons. The lowest BCUT2D eigenvalue weighted by Crippen LogP contribution is -2.32. The molecule has 13 heteroatoms. The van der Waals surface area contributed by atoms with Crippen LogP contribution in [0.2, 0.25) is 0 Å². The van der Waals surface area contributed by atoms with Crippen molar-refractivity contribution in [2.45, 2.75) is 77.0 Å². The van der Waals surface area contributed by atoms with E-state index in [1.807, 2.05) is 20.8 Å². The van der Waals surface area contributed by atoms with Crippen LogP contribution in [-0.2, 0) is 20.3 Å². The normalized spacial score (nSPS) is 16.4. The largest absolute Gasteiger partial charge is 0.438 e. The van der Waals surface area contributed by atoms with Gasteiger partial charge in [0.25, 0.3) is 11.6 Å². The summed E-state index contributed by atoms with van der Waals surface area (Å²) in [7, 11) is -4.16. The summed E-state index contributed by atoms with van der Waals surface area (Å²) >= 11 is 0. The van der Waals surface area contributed by atoms with Crippen LogP contribution in [0.5, 0.6) is 11.6 Å². The lowest BCUT2D eigenvalue weighted by Gasteiger charge is -2.23. The van der Waals surface area contributed by atoms with Gasteiger partial charge in [-0.15, -0.1) is 0 Å². The second kappa shape index (κ2) is 10.5. The Morgan fingerprint density at radius 2 is 2.06 bits per heavy atom. The van der Waals surface area contributed by atoms with Gasteiger partial charge in [0.05, 0.1) is 16.6 Å². The molecule has 1 fully saturated rings. The highest BCUT2D eigenvalue weighted by Crippen LogP contribution is 2.36. The molecule has 1 atom stereocenters. The van der Waals surface area contributed by atoms with Crippen molar-refractivity contribution >= 4 is 21.6 Å². The molecule has 1 aliphatic rings. The van der Waals surface area contributed by atoms with Gasteiger partial charge in [-0.05, 0) is 60.5 Å². The van der Waals surface area contributed by atoms with Gasteiger partial charge < -0.3 is 14.8 Å². The molecule has 198 valence electrons. The van der Waals surface area contributed by atoms with Crippen LogP contribution in [0, 0.1) is 17.0 Å². The fraction of sp³-hybridized carbons (Fsp3) is 0.565. The van der Waals surface area contributed by atoms with Crippen LogP contribution in [0.1, 0.15) is 63.5 Å². The smallest absolute Gasteiger partial charge is 0.272 e. The molecule has 1 amide bonds. The summed E-state index contributed by atoms with van der Waals surface area (Å²) in [6, 6.07) is 2.88. The van der Waals surface area contributed by atoms with Crippen molar-refractivity contribution in [3.8, 4) is 11.6 Å². The Bertz CT molecular complexity index is 1240. The molecular weight excluding hydrogens is 490 g/mol. The van der Waals surface area contributed by atoms with Crippen LogP contribution in [-0.4, -0.2) is 54.3 Å². The Kier molecular flexibility index (Phi) is 8.06. The molecule has 0 unspecified atom stereocenters. The van der Waals surface area contributed by atoms with Crippen LogP contribution >= 0.6 is 0 Å². The minimum atomic E-state index is -4.16. The molecule has 36 heavy (non-hydrogen) atoms. The van der Waals surface area contributed by atoms with Crippen LogP contribution in [0.3, 0.4) is 0 Å². The first-order valence-electron chi connectivity index (χ1n) is 11.7. The molecule has 0 bridgehead atoms. The summed E-state index contributed by atoms with van der Waals surface area (Å²) < 4.78 is 41.6. The third kappa shape index (κ3) is 6.20. The number of aromatic nitrogens is 2. The number of ether oxygens (including phenoxy) is 2. The first-order chi connectivity index (χ1) is 16.7.